The van der Waals surface area contributed by atoms with Crippen molar-refractivity contribution in [2.45, 2.75) is 50.7 Å². The minimum atomic E-state index is -0.374. The van der Waals surface area contributed by atoms with E-state index in [1.54, 1.807) is 0 Å². The normalized spacial score (nSPS) is 31.0. The van der Waals surface area contributed by atoms with Crippen LogP contribution in [0.1, 0.15) is 32.6 Å². The van der Waals surface area contributed by atoms with Gasteiger partial charge in [0.25, 0.3) is 0 Å². The zero-order valence-electron chi connectivity index (χ0n) is 13.2. The van der Waals surface area contributed by atoms with Gasteiger partial charge in [-0.25, -0.2) is 0 Å². The van der Waals surface area contributed by atoms with E-state index in [0.29, 0.717) is 5.92 Å². The number of nitrogens with zero attached hydrogens (tertiary/aromatic N) is 1. The molecule has 7 heteroatoms. The third kappa shape index (κ3) is 4.71. The molecule has 0 radical (unpaired) electrons. The van der Waals surface area contributed by atoms with Crippen molar-refractivity contribution < 1.29 is 9.53 Å². The highest BCUT2D eigenvalue weighted by atomic mass is 35.5. The van der Waals surface area contributed by atoms with Crippen LogP contribution in [0.25, 0.3) is 0 Å². The van der Waals surface area contributed by atoms with Crippen molar-refractivity contribution in [1.29, 1.82) is 0 Å². The van der Waals surface area contributed by atoms with Crippen LogP contribution in [0.5, 0.6) is 0 Å². The van der Waals surface area contributed by atoms with E-state index in [9.17, 15) is 4.79 Å². The number of amides is 1. The Morgan fingerprint density at radius 2 is 1.82 bits per heavy atom. The Morgan fingerprint density at radius 1 is 1.18 bits per heavy atom. The fourth-order valence-electron chi connectivity index (χ4n) is 3.50. The lowest BCUT2D eigenvalue weighted by molar-refractivity contribution is -0.125. The van der Waals surface area contributed by atoms with Crippen LogP contribution in [0.4, 0.5) is 0 Å². The SMILES string of the molecule is CC1CN(C2CC2)CC1NC(=O)C(N)C1CCOCC1.Cl.Cl. The number of rotatable bonds is 4. The second-order valence-corrected chi connectivity index (χ2v) is 6.75. The first kappa shape index (κ1) is 20.0. The molecule has 3 rings (SSSR count). The summed E-state index contributed by atoms with van der Waals surface area (Å²) in [5, 5.41) is 3.19. The summed E-state index contributed by atoms with van der Waals surface area (Å²) in [7, 11) is 0. The summed E-state index contributed by atoms with van der Waals surface area (Å²) in [4.78, 5) is 14.9. The number of halogens is 2. The van der Waals surface area contributed by atoms with Crippen molar-refractivity contribution in [3.63, 3.8) is 0 Å². The van der Waals surface area contributed by atoms with Gasteiger partial charge in [0.1, 0.15) is 0 Å². The average molecular weight is 354 g/mol. The molecule has 2 heterocycles. The smallest absolute Gasteiger partial charge is 0.237 e. The van der Waals surface area contributed by atoms with E-state index < -0.39 is 0 Å². The summed E-state index contributed by atoms with van der Waals surface area (Å²) < 4.78 is 5.33. The number of hydrogen-bond acceptors (Lipinski definition) is 4. The fraction of sp³-hybridized carbons (Fsp3) is 0.933. The van der Waals surface area contributed by atoms with Crippen LogP contribution in [0.15, 0.2) is 0 Å². The number of hydrogen-bond donors (Lipinski definition) is 2. The van der Waals surface area contributed by atoms with E-state index in [1.165, 1.54) is 12.8 Å². The largest absolute Gasteiger partial charge is 0.381 e. The summed E-state index contributed by atoms with van der Waals surface area (Å²) in [6.07, 6.45) is 4.47. The van der Waals surface area contributed by atoms with E-state index in [1.807, 2.05) is 0 Å². The third-order valence-electron chi connectivity index (χ3n) is 5.11. The van der Waals surface area contributed by atoms with Crippen LogP contribution in [-0.4, -0.2) is 55.2 Å². The Labute approximate surface area is 145 Å². The first-order valence-electron chi connectivity index (χ1n) is 8.03. The van der Waals surface area contributed by atoms with E-state index in [2.05, 4.69) is 17.1 Å². The number of carbonyl (C=O) groups excluding carboxylic acids is 1. The van der Waals surface area contributed by atoms with Gasteiger partial charge in [-0.05, 0) is 37.5 Å². The van der Waals surface area contributed by atoms with Crippen LogP contribution in [0.2, 0.25) is 0 Å². The molecule has 3 atom stereocenters. The fourth-order valence-corrected chi connectivity index (χ4v) is 3.50. The molecule has 0 aromatic rings. The molecule has 1 aliphatic carbocycles. The van der Waals surface area contributed by atoms with Crippen molar-refractivity contribution in [3.8, 4) is 0 Å². The second-order valence-electron chi connectivity index (χ2n) is 6.75. The Kier molecular flexibility index (Phi) is 7.89. The molecule has 2 saturated heterocycles. The third-order valence-corrected chi connectivity index (χ3v) is 5.11. The van der Waals surface area contributed by atoms with Gasteiger partial charge in [-0.3, -0.25) is 9.69 Å². The first-order valence-corrected chi connectivity index (χ1v) is 8.03. The molecular weight excluding hydrogens is 325 g/mol. The van der Waals surface area contributed by atoms with Crippen LogP contribution in [-0.2, 0) is 9.53 Å². The molecule has 3 fully saturated rings. The molecule has 22 heavy (non-hydrogen) atoms. The summed E-state index contributed by atoms with van der Waals surface area (Å²) in [6, 6.07) is 0.679. The standard InChI is InChI=1S/C15H27N3O2.2ClH/c1-10-8-18(12-2-3-12)9-13(10)17-15(19)14(16)11-4-6-20-7-5-11;;/h10-14H,2-9,16H2,1H3,(H,17,19);2*1H. The molecule has 3 aliphatic rings. The van der Waals surface area contributed by atoms with Gasteiger partial charge in [-0.2, -0.15) is 0 Å². The minimum absolute atomic E-state index is 0. The van der Waals surface area contributed by atoms with Crippen LogP contribution < -0.4 is 11.1 Å². The van der Waals surface area contributed by atoms with E-state index in [4.69, 9.17) is 10.5 Å². The van der Waals surface area contributed by atoms with Crippen molar-refractivity contribution in [2.24, 2.45) is 17.6 Å². The quantitative estimate of drug-likeness (QED) is 0.796. The topological polar surface area (TPSA) is 67.6 Å². The molecule has 3 unspecified atom stereocenters. The highest BCUT2D eigenvalue weighted by Crippen LogP contribution is 2.31. The lowest BCUT2D eigenvalue weighted by Gasteiger charge is -2.28. The molecule has 2 aliphatic heterocycles. The van der Waals surface area contributed by atoms with Gasteiger partial charge in [0.2, 0.25) is 5.91 Å². The molecule has 0 spiro atoms. The number of carbonyl (C=O) groups is 1. The van der Waals surface area contributed by atoms with Gasteiger partial charge in [0, 0.05) is 38.4 Å². The molecule has 5 nitrogen and oxygen atoms in total. The van der Waals surface area contributed by atoms with Crippen LogP contribution >= 0.6 is 24.8 Å². The van der Waals surface area contributed by atoms with Gasteiger partial charge in [0.05, 0.1) is 6.04 Å². The number of nitrogens with one attached hydrogen (secondary N) is 1. The maximum absolute atomic E-state index is 12.3. The van der Waals surface area contributed by atoms with Crippen LogP contribution in [0, 0.1) is 11.8 Å². The molecule has 1 saturated carbocycles. The highest BCUT2D eigenvalue weighted by Gasteiger charge is 2.39. The molecular formula is C15H29Cl2N3O2. The predicted molar refractivity (Wildman–Crippen MR) is 91.7 cm³/mol. The van der Waals surface area contributed by atoms with E-state index in [0.717, 1.165) is 45.2 Å². The van der Waals surface area contributed by atoms with Gasteiger partial charge in [-0.15, -0.1) is 24.8 Å². The highest BCUT2D eigenvalue weighted by molar-refractivity contribution is 5.85. The predicted octanol–water partition coefficient (Wildman–Crippen LogP) is 1.18. The molecule has 1 amide bonds. The molecule has 0 aromatic carbocycles. The van der Waals surface area contributed by atoms with Crippen molar-refractivity contribution in [3.05, 3.63) is 0 Å². The Balaban J connectivity index is 0.00000121. The Hall–Kier alpha value is -0.0700. The van der Waals surface area contributed by atoms with Crippen LogP contribution in [0.3, 0.4) is 0 Å². The maximum Gasteiger partial charge on any atom is 0.237 e. The van der Waals surface area contributed by atoms with Gasteiger partial charge in [-0.1, -0.05) is 6.92 Å². The summed E-state index contributed by atoms with van der Waals surface area (Å²) >= 11 is 0. The second kappa shape index (κ2) is 8.69. The molecule has 3 N–H and O–H groups in total. The van der Waals surface area contributed by atoms with Gasteiger partial charge < -0.3 is 15.8 Å². The van der Waals surface area contributed by atoms with Crippen molar-refractivity contribution in [2.75, 3.05) is 26.3 Å². The van der Waals surface area contributed by atoms with Crippen molar-refractivity contribution >= 4 is 30.7 Å². The first-order chi connectivity index (χ1) is 9.65. The average Bonchev–Trinajstić information content (AvgIpc) is 3.25. The number of likely N-dealkylation sites (tertiary alicyclic amines) is 1. The lowest BCUT2D eigenvalue weighted by atomic mass is 9.91. The molecule has 0 aromatic heterocycles. The monoisotopic (exact) mass is 353 g/mol. The molecule has 130 valence electrons. The number of nitrogens with two attached hydrogens (primary N) is 1. The maximum atomic E-state index is 12.3. The lowest BCUT2D eigenvalue weighted by Crippen LogP contribution is -2.51. The van der Waals surface area contributed by atoms with E-state index in [-0.39, 0.29) is 48.7 Å². The summed E-state index contributed by atoms with van der Waals surface area (Å²) in [5.41, 5.74) is 6.14. The zero-order valence-corrected chi connectivity index (χ0v) is 14.8. The molecule has 0 bridgehead atoms. The number of ether oxygens (including phenoxy) is 1. The van der Waals surface area contributed by atoms with Gasteiger partial charge >= 0.3 is 0 Å². The summed E-state index contributed by atoms with van der Waals surface area (Å²) in [6.45, 7) is 5.81. The van der Waals surface area contributed by atoms with Gasteiger partial charge in [0.15, 0.2) is 0 Å². The Bertz CT molecular complexity index is 363. The van der Waals surface area contributed by atoms with E-state index >= 15 is 0 Å². The zero-order chi connectivity index (χ0) is 14.1. The summed E-state index contributed by atoms with van der Waals surface area (Å²) in [5.74, 6) is 0.841. The minimum Gasteiger partial charge on any atom is -0.381 e. The Morgan fingerprint density at radius 3 is 2.41 bits per heavy atom. The van der Waals surface area contributed by atoms with Crippen molar-refractivity contribution in [1.82, 2.24) is 10.2 Å².